The Kier molecular flexibility index (Phi) is 4.85. The lowest BCUT2D eigenvalue weighted by Gasteiger charge is -2.07. The number of benzene rings is 1. The molecule has 0 saturated carbocycles. The van der Waals surface area contributed by atoms with Crippen LogP contribution in [-0.2, 0) is 5.75 Å². The van der Waals surface area contributed by atoms with E-state index in [0.29, 0.717) is 17.5 Å². The summed E-state index contributed by atoms with van der Waals surface area (Å²) >= 11 is 7.43. The Morgan fingerprint density at radius 2 is 2.00 bits per heavy atom. The predicted molar refractivity (Wildman–Crippen MR) is 75.4 cm³/mol. The molecule has 0 aliphatic carbocycles. The number of halogens is 1. The Morgan fingerprint density at radius 1 is 1.32 bits per heavy atom. The zero-order valence-electron chi connectivity index (χ0n) is 10.7. The standard InChI is InChI=1S/C13H15ClN2O2S/c1-8(9(2)17)13-15-12(16-18-13)7-19-11-5-3-10(14)4-6-11/h3-6,8-9,17H,7H2,1-2H3. The molecule has 102 valence electrons. The summed E-state index contributed by atoms with van der Waals surface area (Å²) in [7, 11) is 0. The third-order valence-corrected chi connectivity index (χ3v) is 4.04. The number of aliphatic hydroxyl groups excluding tert-OH is 1. The highest BCUT2D eigenvalue weighted by atomic mass is 35.5. The minimum Gasteiger partial charge on any atom is -0.393 e. The normalized spacial score (nSPS) is 14.3. The summed E-state index contributed by atoms with van der Waals surface area (Å²) in [4.78, 5) is 5.38. The van der Waals surface area contributed by atoms with Crippen LogP contribution < -0.4 is 0 Å². The van der Waals surface area contributed by atoms with Crippen LogP contribution in [0.4, 0.5) is 0 Å². The second kappa shape index (κ2) is 6.41. The van der Waals surface area contributed by atoms with E-state index in [1.54, 1.807) is 18.7 Å². The lowest BCUT2D eigenvalue weighted by Crippen LogP contribution is -2.11. The van der Waals surface area contributed by atoms with Gasteiger partial charge in [0.1, 0.15) is 0 Å². The van der Waals surface area contributed by atoms with Crippen molar-refractivity contribution < 1.29 is 9.63 Å². The van der Waals surface area contributed by atoms with Crippen LogP contribution in [0.25, 0.3) is 0 Å². The van der Waals surface area contributed by atoms with Crippen LogP contribution in [-0.4, -0.2) is 21.4 Å². The van der Waals surface area contributed by atoms with Crippen molar-refractivity contribution in [2.24, 2.45) is 0 Å². The molecule has 0 aliphatic rings. The van der Waals surface area contributed by atoms with Crippen molar-refractivity contribution in [2.45, 2.75) is 36.5 Å². The van der Waals surface area contributed by atoms with Crippen LogP contribution >= 0.6 is 23.4 Å². The van der Waals surface area contributed by atoms with E-state index in [9.17, 15) is 5.11 Å². The molecule has 0 aliphatic heterocycles. The number of hydrogen-bond donors (Lipinski definition) is 1. The maximum atomic E-state index is 9.47. The average Bonchev–Trinajstić information content (AvgIpc) is 2.86. The van der Waals surface area contributed by atoms with E-state index in [-0.39, 0.29) is 5.92 Å². The summed E-state index contributed by atoms with van der Waals surface area (Å²) in [6.07, 6.45) is -0.503. The smallest absolute Gasteiger partial charge is 0.232 e. The van der Waals surface area contributed by atoms with Crippen molar-refractivity contribution in [3.8, 4) is 0 Å². The van der Waals surface area contributed by atoms with Crippen LogP contribution in [0.15, 0.2) is 33.7 Å². The number of hydrogen-bond acceptors (Lipinski definition) is 5. The van der Waals surface area contributed by atoms with Gasteiger partial charge in [-0.1, -0.05) is 23.7 Å². The van der Waals surface area contributed by atoms with Crippen LogP contribution in [0.5, 0.6) is 0 Å². The molecule has 2 rings (SSSR count). The van der Waals surface area contributed by atoms with Gasteiger partial charge in [-0.25, -0.2) is 0 Å². The van der Waals surface area contributed by atoms with Gasteiger partial charge in [0.2, 0.25) is 5.89 Å². The number of aliphatic hydroxyl groups is 1. The van der Waals surface area contributed by atoms with Crippen molar-refractivity contribution in [1.82, 2.24) is 10.1 Å². The summed E-state index contributed by atoms with van der Waals surface area (Å²) in [5, 5.41) is 14.1. The minimum atomic E-state index is -0.503. The molecular formula is C13H15ClN2O2S. The van der Waals surface area contributed by atoms with Gasteiger partial charge in [0.25, 0.3) is 0 Å². The highest BCUT2D eigenvalue weighted by molar-refractivity contribution is 7.98. The SMILES string of the molecule is CC(O)C(C)c1nc(CSc2ccc(Cl)cc2)no1. The highest BCUT2D eigenvalue weighted by Gasteiger charge is 2.18. The van der Waals surface area contributed by atoms with Crippen LogP contribution in [0, 0.1) is 0 Å². The van der Waals surface area contributed by atoms with Gasteiger partial charge in [0.15, 0.2) is 5.82 Å². The molecule has 1 heterocycles. The van der Waals surface area contributed by atoms with Crippen LogP contribution in [0.2, 0.25) is 5.02 Å². The largest absolute Gasteiger partial charge is 0.393 e. The van der Waals surface area contributed by atoms with Gasteiger partial charge in [0, 0.05) is 9.92 Å². The van der Waals surface area contributed by atoms with Crippen molar-refractivity contribution in [3.63, 3.8) is 0 Å². The molecule has 4 nitrogen and oxygen atoms in total. The van der Waals surface area contributed by atoms with Gasteiger partial charge in [-0.15, -0.1) is 11.8 Å². The van der Waals surface area contributed by atoms with Gasteiger partial charge in [-0.2, -0.15) is 4.98 Å². The fraction of sp³-hybridized carbons (Fsp3) is 0.385. The summed E-state index contributed by atoms with van der Waals surface area (Å²) in [6, 6.07) is 7.60. The molecule has 2 unspecified atom stereocenters. The molecule has 2 atom stereocenters. The van der Waals surface area contributed by atoms with Gasteiger partial charge < -0.3 is 9.63 Å². The molecule has 19 heavy (non-hydrogen) atoms. The van der Waals surface area contributed by atoms with Gasteiger partial charge >= 0.3 is 0 Å². The van der Waals surface area contributed by atoms with E-state index in [4.69, 9.17) is 16.1 Å². The number of rotatable bonds is 5. The Balaban J connectivity index is 1.95. The Labute approximate surface area is 121 Å². The zero-order chi connectivity index (χ0) is 13.8. The molecule has 2 aromatic rings. The van der Waals surface area contributed by atoms with Crippen molar-refractivity contribution in [1.29, 1.82) is 0 Å². The molecule has 1 aromatic carbocycles. The fourth-order valence-electron chi connectivity index (χ4n) is 1.40. The molecule has 6 heteroatoms. The summed E-state index contributed by atoms with van der Waals surface area (Å²) < 4.78 is 5.14. The zero-order valence-corrected chi connectivity index (χ0v) is 12.3. The van der Waals surface area contributed by atoms with Gasteiger partial charge in [0.05, 0.1) is 17.8 Å². The Morgan fingerprint density at radius 3 is 2.63 bits per heavy atom. The summed E-state index contributed by atoms with van der Waals surface area (Å²) in [6.45, 7) is 3.56. The number of nitrogens with zero attached hydrogens (tertiary/aromatic N) is 2. The second-order valence-corrected chi connectivity index (χ2v) is 5.81. The fourth-order valence-corrected chi connectivity index (χ4v) is 2.26. The lowest BCUT2D eigenvalue weighted by atomic mass is 10.1. The predicted octanol–water partition coefficient (Wildman–Crippen LogP) is 3.50. The lowest BCUT2D eigenvalue weighted by molar-refractivity contribution is 0.151. The van der Waals surface area contributed by atoms with Crippen molar-refractivity contribution in [2.75, 3.05) is 0 Å². The molecule has 1 N–H and O–H groups in total. The maximum Gasteiger partial charge on any atom is 0.232 e. The number of aromatic nitrogens is 2. The topological polar surface area (TPSA) is 59.2 Å². The minimum absolute atomic E-state index is 0.151. The first kappa shape index (κ1) is 14.4. The Bertz CT molecular complexity index is 528. The first-order chi connectivity index (χ1) is 9.06. The van der Waals surface area contributed by atoms with E-state index < -0.39 is 6.10 Å². The third-order valence-electron chi connectivity index (χ3n) is 2.78. The van der Waals surface area contributed by atoms with Crippen LogP contribution in [0.1, 0.15) is 31.5 Å². The van der Waals surface area contributed by atoms with E-state index in [2.05, 4.69) is 10.1 Å². The molecule has 0 radical (unpaired) electrons. The number of thioether (sulfide) groups is 1. The molecule has 1 aromatic heterocycles. The molecule has 0 bridgehead atoms. The monoisotopic (exact) mass is 298 g/mol. The van der Waals surface area contributed by atoms with Crippen LogP contribution in [0.3, 0.4) is 0 Å². The third kappa shape index (κ3) is 3.96. The van der Waals surface area contributed by atoms with Gasteiger partial charge in [-0.05, 0) is 31.2 Å². The second-order valence-electron chi connectivity index (χ2n) is 4.32. The van der Waals surface area contributed by atoms with Crippen molar-refractivity contribution >= 4 is 23.4 Å². The molecule has 0 spiro atoms. The van der Waals surface area contributed by atoms with Gasteiger partial charge in [-0.3, -0.25) is 0 Å². The maximum absolute atomic E-state index is 9.47. The summed E-state index contributed by atoms with van der Waals surface area (Å²) in [5.41, 5.74) is 0. The highest BCUT2D eigenvalue weighted by Crippen LogP contribution is 2.24. The van der Waals surface area contributed by atoms with E-state index in [1.807, 2.05) is 31.2 Å². The van der Waals surface area contributed by atoms with E-state index >= 15 is 0 Å². The first-order valence-corrected chi connectivity index (χ1v) is 7.31. The molecule has 0 amide bonds. The molecule has 0 saturated heterocycles. The quantitative estimate of drug-likeness (QED) is 0.856. The summed E-state index contributed by atoms with van der Waals surface area (Å²) in [5.74, 6) is 1.57. The molecular weight excluding hydrogens is 284 g/mol. The molecule has 0 fully saturated rings. The first-order valence-electron chi connectivity index (χ1n) is 5.95. The van der Waals surface area contributed by atoms with E-state index in [1.165, 1.54) is 0 Å². The average molecular weight is 299 g/mol. The van der Waals surface area contributed by atoms with Crippen molar-refractivity contribution in [3.05, 3.63) is 41.0 Å². The van der Waals surface area contributed by atoms with E-state index in [0.717, 1.165) is 9.92 Å². The Hall–Kier alpha value is -1.04.